The summed E-state index contributed by atoms with van der Waals surface area (Å²) in [5.74, 6) is -0.659. The van der Waals surface area contributed by atoms with Crippen LogP contribution >= 0.6 is 0 Å². The monoisotopic (exact) mass is 357 g/mol. The first-order valence-corrected chi connectivity index (χ1v) is 7.87. The number of nitro groups is 1. The summed E-state index contributed by atoms with van der Waals surface area (Å²) >= 11 is 0. The summed E-state index contributed by atoms with van der Waals surface area (Å²) in [4.78, 5) is 33.9. The minimum atomic E-state index is -0.551. The molecule has 0 aliphatic heterocycles. The molecule has 2 aromatic rings. The SMILES string of the molecule is Cc1cccc(C)c1NC(=O)CNC(=O)COc1cccc([N+](=O)[O-])c1. The highest BCUT2D eigenvalue weighted by Gasteiger charge is 2.11. The van der Waals surface area contributed by atoms with E-state index in [1.807, 2.05) is 32.0 Å². The Morgan fingerprint density at radius 3 is 2.38 bits per heavy atom. The fraction of sp³-hybridized carbons (Fsp3) is 0.222. The fourth-order valence-corrected chi connectivity index (χ4v) is 2.26. The zero-order valence-corrected chi connectivity index (χ0v) is 14.4. The molecule has 26 heavy (non-hydrogen) atoms. The molecule has 0 spiro atoms. The molecule has 0 aromatic heterocycles. The van der Waals surface area contributed by atoms with Gasteiger partial charge in [0.1, 0.15) is 5.75 Å². The highest BCUT2D eigenvalue weighted by molar-refractivity contribution is 5.95. The van der Waals surface area contributed by atoms with Crippen molar-refractivity contribution in [2.45, 2.75) is 13.8 Å². The normalized spacial score (nSPS) is 10.1. The lowest BCUT2D eigenvalue weighted by atomic mass is 10.1. The van der Waals surface area contributed by atoms with E-state index in [9.17, 15) is 19.7 Å². The van der Waals surface area contributed by atoms with Crippen LogP contribution in [0.2, 0.25) is 0 Å². The molecule has 0 aliphatic carbocycles. The summed E-state index contributed by atoms with van der Waals surface area (Å²) in [5.41, 5.74) is 2.45. The van der Waals surface area contributed by atoms with E-state index in [0.717, 1.165) is 16.8 Å². The van der Waals surface area contributed by atoms with E-state index in [2.05, 4.69) is 10.6 Å². The van der Waals surface area contributed by atoms with Gasteiger partial charge in [-0.1, -0.05) is 24.3 Å². The Morgan fingerprint density at radius 2 is 1.73 bits per heavy atom. The molecule has 0 saturated carbocycles. The van der Waals surface area contributed by atoms with Crippen molar-refractivity contribution in [1.82, 2.24) is 5.32 Å². The Balaban J connectivity index is 1.80. The van der Waals surface area contributed by atoms with Crippen LogP contribution in [0.5, 0.6) is 5.75 Å². The lowest BCUT2D eigenvalue weighted by Gasteiger charge is -2.12. The van der Waals surface area contributed by atoms with Crippen molar-refractivity contribution in [3.63, 3.8) is 0 Å². The van der Waals surface area contributed by atoms with Crippen LogP contribution < -0.4 is 15.4 Å². The molecule has 136 valence electrons. The summed E-state index contributed by atoms with van der Waals surface area (Å²) in [6.07, 6.45) is 0. The predicted octanol–water partition coefficient (Wildman–Crippen LogP) is 2.35. The van der Waals surface area contributed by atoms with Gasteiger partial charge in [0.25, 0.3) is 11.6 Å². The van der Waals surface area contributed by atoms with Gasteiger partial charge in [-0.3, -0.25) is 19.7 Å². The average molecular weight is 357 g/mol. The van der Waals surface area contributed by atoms with Gasteiger partial charge >= 0.3 is 0 Å². The second-order valence-corrected chi connectivity index (χ2v) is 5.63. The average Bonchev–Trinajstić information content (AvgIpc) is 2.61. The molecule has 0 aliphatic rings. The molecule has 0 heterocycles. The number of hydrogen-bond donors (Lipinski definition) is 2. The second kappa shape index (κ2) is 8.61. The van der Waals surface area contributed by atoms with Crippen LogP contribution in [0.3, 0.4) is 0 Å². The number of carbonyl (C=O) groups is 2. The molecule has 2 amide bonds. The molecule has 0 unspecified atom stereocenters. The van der Waals surface area contributed by atoms with Crippen molar-refractivity contribution >= 4 is 23.2 Å². The zero-order valence-electron chi connectivity index (χ0n) is 14.4. The van der Waals surface area contributed by atoms with Crippen molar-refractivity contribution in [2.24, 2.45) is 0 Å². The maximum absolute atomic E-state index is 12.0. The highest BCUT2D eigenvalue weighted by Crippen LogP contribution is 2.19. The first-order chi connectivity index (χ1) is 12.4. The van der Waals surface area contributed by atoms with Gasteiger partial charge in [-0.2, -0.15) is 0 Å². The Morgan fingerprint density at radius 1 is 1.08 bits per heavy atom. The number of hydrogen-bond acceptors (Lipinski definition) is 5. The number of aryl methyl sites for hydroxylation is 2. The summed E-state index contributed by atoms with van der Waals surface area (Å²) < 4.78 is 5.20. The Hall–Kier alpha value is -3.42. The lowest BCUT2D eigenvalue weighted by molar-refractivity contribution is -0.384. The van der Waals surface area contributed by atoms with Crippen LogP contribution in [0.25, 0.3) is 0 Å². The Bertz CT molecular complexity index is 815. The van der Waals surface area contributed by atoms with E-state index in [-0.39, 0.29) is 30.5 Å². The largest absolute Gasteiger partial charge is 0.484 e. The molecule has 2 rings (SSSR count). The van der Waals surface area contributed by atoms with Crippen LogP contribution in [0.15, 0.2) is 42.5 Å². The van der Waals surface area contributed by atoms with Crippen molar-refractivity contribution in [3.05, 3.63) is 63.7 Å². The number of benzene rings is 2. The molecule has 8 heteroatoms. The second-order valence-electron chi connectivity index (χ2n) is 5.63. The van der Waals surface area contributed by atoms with E-state index in [1.165, 1.54) is 24.3 Å². The lowest BCUT2D eigenvalue weighted by Crippen LogP contribution is -2.36. The summed E-state index contributed by atoms with van der Waals surface area (Å²) in [7, 11) is 0. The van der Waals surface area contributed by atoms with Crippen LogP contribution in [-0.4, -0.2) is 29.9 Å². The zero-order chi connectivity index (χ0) is 19.1. The maximum atomic E-state index is 12.0. The van der Waals surface area contributed by atoms with Gasteiger partial charge in [-0.25, -0.2) is 0 Å². The fourth-order valence-electron chi connectivity index (χ4n) is 2.26. The van der Waals surface area contributed by atoms with E-state index in [4.69, 9.17) is 4.74 Å². The molecule has 0 radical (unpaired) electrons. The number of nitro benzene ring substituents is 1. The maximum Gasteiger partial charge on any atom is 0.273 e. The van der Waals surface area contributed by atoms with Gasteiger partial charge in [-0.15, -0.1) is 0 Å². The molecule has 0 fully saturated rings. The predicted molar refractivity (Wildman–Crippen MR) is 96.1 cm³/mol. The van der Waals surface area contributed by atoms with Gasteiger partial charge < -0.3 is 15.4 Å². The summed E-state index contributed by atoms with van der Waals surface area (Å²) in [6, 6.07) is 11.2. The molecular formula is C18H19N3O5. The summed E-state index contributed by atoms with van der Waals surface area (Å²) in [5, 5.41) is 15.9. The number of amides is 2. The van der Waals surface area contributed by atoms with Crippen molar-refractivity contribution in [1.29, 1.82) is 0 Å². The Labute approximate surface area is 150 Å². The number of nitrogens with zero attached hydrogens (tertiary/aromatic N) is 1. The van der Waals surface area contributed by atoms with Gasteiger partial charge in [0, 0.05) is 11.8 Å². The van der Waals surface area contributed by atoms with E-state index >= 15 is 0 Å². The van der Waals surface area contributed by atoms with Crippen LogP contribution in [0.1, 0.15) is 11.1 Å². The molecule has 0 bridgehead atoms. The van der Waals surface area contributed by atoms with Gasteiger partial charge in [0.05, 0.1) is 17.5 Å². The molecule has 0 saturated heterocycles. The van der Waals surface area contributed by atoms with Crippen LogP contribution in [-0.2, 0) is 9.59 Å². The quantitative estimate of drug-likeness (QED) is 0.584. The number of non-ortho nitro benzene ring substituents is 1. The first kappa shape index (κ1) is 18.9. The minimum absolute atomic E-state index is 0.129. The first-order valence-electron chi connectivity index (χ1n) is 7.87. The number of nitrogens with one attached hydrogen (secondary N) is 2. The third kappa shape index (κ3) is 5.30. The third-order valence-electron chi connectivity index (χ3n) is 3.59. The topological polar surface area (TPSA) is 111 Å². The van der Waals surface area contributed by atoms with E-state index in [0.29, 0.717) is 0 Å². The summed E-state index contributed by atoms with van der Waals surface area (Å²) in [6.45, 7) is 3.21. The molecule has 8 nitrogen and oxygen atoms in total. The van der Waals surface area contributed by atoms with E-state index < -0.39 is 10.8 Å². The van der Waals surface area contributed by atoms with Gasteiger partial charge in [0.15, 0.2) is 6.61 Å². The van der Waals surface area contributed by atoms with Crippen LogP contribution in [0.4, 0.5) is 11.4 Å². The highest BCUT2D eigenvalue weighted by atomic mass is 16.6. The number of carbonyl (C=O) groups excluding carboxylic acids is 2. The van der Waals surface area contributed by atoms with E-state index in [1.54, 1.807) is 0 Å². The molecule has 2 N–H and O–H groups in total. The van der Waals surface area contributed by atoms with Crippen molar-refractivity contribution in [2.75, 3.05) is 18.5 Å². The molecule has 0 atom stereocenters. The Kier molecular flexibility index (Phi) is 6.26. The number of ether oxygens (including phenoxy) is 1. The van der Waals surface area contributed by atoms with Gasteiger partial charge in [-0.05, 0) is 31.0 Å². The third-order valence-corrected chi connectivity index (χ3v) is 3.59. The smallest absolute Gasteiger partial charge is 0.273 e. The minimum Gasteiger partial charge on any atom is -0.484 e. The van der Waals surface area contributed by atoms with Crippen molar-refractivity contribution < 1.29 is 19.2 Å². The molecule has 2 aromatic carbocycles. The van der Waals surface area contributed by atoms with Gasteiger partial charge in [0.2, 0.25) is 5.91 Å². The number of rotatable bonds is 7. The standard InChI is InChI=1S/C18H19N3O5/c1-12-5-3-6-13(2)18(12)20-16(22)10-19-17(23)11-26-15-8-4-7-14(9-15)21(24)25/h3-9H,10-11H2,1-2H3,(H,19,23)(H,20,22). The number of anilines is 1. The molecular weight excluding hydrogens is 338 g/mol. The number of para-hydroxylation sites is 1. The van der Waals surface area contributed by atoms with Crippen molar-refractivity contribution in [3.8, 4) is 5.75 Å². The van der Waals surface area contributed by atoms with Crippen LogP contribution in [0, 0.1) is 24.0 Å².